The van der Waals surface area contributed by atoms with Crippen LogP contribution in [0, 0.1) is 0 Å². The van der Waals surface area contributed by atoms with Crippen LogP contribution in [0.25, 0.3) is 10.9 Å². The smallest absolute Gasteiger partial charge is 0.328 e. The minimum Gasteiger partial charge on any atom is -0.508 e. The van der Waals surface area contributed by atoms with Gasteiger partial charge in [-0.15, -0.1) is 0 Å². The molecule has 0 atom stereocenters. The van der Waals surface area contributed by atoms with Crippen LogP contribution in [0.4, 0.5) is 0 Å². The van der Waals surface area contributed by atoms with Gasteiger partial charge in [0.05, 0.1) is 10.9 Å². The second-order valence-electron chi connectivity index (χ2n) is 3.21. The van der Waals surface area contributed by atoms with Gasteiger partial charge in [0.2, 0.25) is 0 Å². The molecule has 0 aliphatic rings. The molecule has 0 aliphatic heterocycles. The topological polar surface area (TPSA) is 75.1 Å². The highest BCUT2D eigenvalue weighted by Gasteiger charge is 2.06. The predicted octanol–water partition coefficient (Wildman–Crippen LogP) is 0.415. The van der Waals surface area contributed by atoms with Crippen molar-refractivity contribution in [3.63, 3.8) is 0 Å². The van der Waals surface area contributed by atoms with Crippen LogP contribution in [0.1, 0.15) is 6.92 Å². The van der Waals surface area contributed by atoms with Gasteiger partial charge in [0, 0.05) is 6.54 Å². The maximum Gasteiger partial charge on any atom is 0.328 e. The van der Waals surface area contributed by atoms with Gasteiger partial charge >= 0.3 is 5.69 Å². The normalized spacial score (nSPS) is 10.7. The molecule has 0 saturated carbocycles. The Balaban J connectivity index is 2.99. The summed E-state index contributed by atoms with van der Waals surface area (Å²) in [6.07, 6.45) is 0. The molecule has 1 aromatic carbocycles. The Kier molecular flexibility index (Phi) is 2.07. The number of benzene rings is 1. The van der Waals surface area contributed by atoms with Gasteiger partial charge < -0.3 is 10.1 Å². The number of phenolic OH excluding ortho intramolecular Hbond substituents is 1. The first-order chi connectivity index (χ1) is 7.13. The van der Waals surface area contributed by atoms with Crippen molar-refractivity contribution < 1.29 is 5.11 Å². The fourth-order valence-electron chi connectivity index (χ4n) is 1.53. The minimum absolute atomic E-state index is 0.00861. The molecule has 1 aromatic heterocycles. The van der Waals surface area contributed by atoms with E-state index in [0.717, 1.165) is 4.57 Å². The van der Waals surface area contributed by atoms with E-state index in [1.54, 1.807) is 6.92 Å². The Hall–Kier alpha value is -2.04. The number of aromatic hydroxyl groups is 1. The highest BCUT2D eigenvalue weighted by Crippen LogP contribution is 2.13. The number of nitrogens with one attached hydrogen (secondary N) is 1. The van der Waals surface area contributed by atoms with Gasteiger partial charge in [-0.1, -0.05) is 0 Å². The van der Waals surface area contributed by atoms with E-state index in [0.29, 0.717) is 17.4 Å². The summed E-state index contributed by atoms with van der Waals surface area (Å²) in [5.41, 5.74) is -0.375. The first-order valence-electron chi connectivity index (χ1n) is 4.59. The second kappa shape index (κ2) is 3.27. The van der Waals surface area contributed by atoms with Crippen LogP contribution < -0.4 is 11.2 Å². The highest BCUT2D eigenvalue weighted by atomic mass is 16.3. The molecule has 1 heterocycles. The van der Waals surface area contributed by atoms with Crippen LogP contribution in [-0.4, -0.2) is 14.7 Å². The van der Waals surface area contributed by atoms with Crippen molar-refractivity contribution in [2.24, 2.45) is 0 Å². The number of aromatic amines is 1. The highest BCUT2D eigenvalue weighted by molar-refractivity contribution is 5.78. The molecule has 5 heteroatoms. The van der Waals surface area contributed by atoms with Crippen LogP contribution >= 0.6 is 0 Å². The number of rotatable bonds is 1. The van der Waals surface area contributed by atoms with Gasteiger partial charge in [0.25, 0.3) is 5.56 Å². The monoisotopic (exact) mass is 206 g/mol. The molecule has 0 unspecified atom stereocenters. The number of H-pyrrole nitrogens is 1. The molecule has 2 rings (SSSR count). The van der Waals surface area contributed by atoms with Crippen LogP contribution in [0.15, 0.2) is 27.8 Å². The number of aromatic nitrogens is 2. The summed E-state index contributed by atoms with van der Waals surface area (Å²) in [5, 5.41) is 9.56. The average molecular weight is 206 g/mol. The van der Waals surface area contributed by atoms with Gasteiger partial charge in [-0.05, 0) is 25.1 Å². The third-order valence-electron chi connectivity index (χ3n) is 2.28. The molecule has 0 saturated heterocycles. The maximum atomic E-state index is 11.8. The largest absolute Gasteiger partial charge is 0.508 e. The molecular weight excluding hydrogens is 196 g/mol. The summed E-state index contributed by atoms with van der Waals surface area (Å²) in [6, 6.07) is 4.28. The van der Waals surface area contributed by atoms with E-state index in [9.17, 15) is 14.7 Å². The lowest BCUT2D eigenvalue weighted by Gasteiger charge is -2.03. The lowest BCUT2D eigenvalue weighted by atomic mass is 10.2. The Morgan fingerprint density at radius 3 is 2.80 bits per heavy atom. The summed E-state index contributed by atoms with van der Waals surface area (Å²) in [4.78, 5) is 25.8. The van der Waals surface area contributed by atoms with Crippen LogP contribution in [0.5, 0.6) is 5.75 Å². The van der Waals surface area contributed by atoms with E-state index in [2.05, 4.69) is 4.98 Å². The third-order valence-corrected chi connectivity index (χ3v) is 2.28. The SMILES string of the molecule is CCn1c(=O)[nH]c2ccc(O)cc2c1=O. The van der Waals surface area contributed by atoms with Gasteiger partial charge in [-0.3, -0.25) is 9.36 Å². The summed E-state index contributed by atoms with van der Waals surface area (Å²) >= 11 is 0. The molecule has 2 N–H and O–H groups in total. The average Bonchev–Trinajstić information content (AvgIpc) is 2.20. The van der Waals surface area contributed by atoms with Crippen molar-refractivity contribution in [3.8, 4) is 5.75 Å². The number of hydrogen-bond donors (Lipinski definition) is 2. The molecule has 0 aliphatic carbocycles. The van der Waals surface area contributed by atoms with Gasteiger partial charge in [-0.2, -0.15) is 0 Å². The molecular formula is C10H10N2O3. The van der Waals surface area contributed by atoms with Crippen molar-refractivity contribution in [2.75, 3.05) is 0 Å². The summed E-state index contributed by atoms with van der Waals surface area (Å²) < 4.78 is 1.09. The fourth-order valence-corrected chi connectivity index (χ4v) is 1.53. The number of phenols is 1. The first kappa shape index (κ1) is 9.51. The lowest BCUT2D eigenvalue weighted by Crippen LogP contribution is -2.34. The number of nitrogens with zero attached hydrogens (tertiary/aromatic N) is 1. The van der Waals surface area contributed by atoms with Crippen LogP contribution in [0.3, 0.4) is 0 Å². The maximum absolute atomic E-state index is 11.8. The molecule has 5 nitrogen and oxygen atoms in total. The Bertz CT molecular complexity index is 625. The number of hydrogen-bond acceptors (Lipinski definition) is 3. The molecule has 15 heavy (non-hydrogen) atoms. The van der Waals surface area contributed by atoms with E-state index >= 15 is 0 Å². The van der Waals surface area contributed by atoms with Crippen molar-refractivity contribution in [2.45, 2.75) is 13.5 Å². The van der Waals surface area contributed by atoms with Gasteiger partial charge in [0.15, 0.2) is 0 Å². The fraction of sp³-hybridized carbons (Fsp3) is 0.200. The Labute approximate surface area is 84.6 Å². The summed E-state index contributed by atoms with van der Waals surface area (Å²) in [7, 11) is 0. The van der Waals surface area contributed by atoms with E-state index in [1.807, 2.05) is 0 Å². The van der Waals surface area contributed by atoms with Crippen LogP contribution in [-0.2, 0) is 6.54 Å². The van der Waals surface area contributed by atoms with Crippen LogP contribution in [0.2, 0.25) is 0 Å². The van der Waals surface area contributed by atoms with E-state index < -0.39 is 5.69 Å². The molecule has 2 aromatic rings. The molecule has 0 bridgehead atoms. The number of fused-ring (bicyclic) bond motifs is 1. The van der Waals surface area contributed by atoms with Crippen molar-refractivity contribution in [3.05, 3.63) is 39.0 Å². The van der Waals surface area contributed by atoms with E-state index in [1.165, 1.54) is 18.2 Å². The summed E-state index contributed by atoms with van der Waals surface area (Å²) in [5.74, 6) is 0.00861. The second-order valence-corrected chi connectivity index (χ2v) is 3.21. The van der Waals surface area contributed by atoms with Gasteiger partial charge in [0.1, 0.15) is 5.75 Å². The standard InChI is InChI=1S/C10H10N2O3/c1-2-12-9(14)7-5-6(13)3-4-8(7)11-10(12)15/h3-5,13H,2H2,1H3,(H,11,15). The Morgan fingerprint density at radius 1 is 1.40 bits per heavy atom. The van der Waals surface area contributed by atoms with E-state index in [4.69, 9.17) is 0 Å². The predicted molar refractivity (Wildman–Crippen MR) is 56.2 cm³/mol. The first-order valence-corrected chi connectivity index (χ1v) is 4.59. The molecule has 0 spiro atoms. The zero-order valence-electron chi connectivity index (χ0n) is 8.15. The quantitative estimate of drug-likeness (QED) is 0.709. The molecule has 0 fully saturated rings. The van der Waals surface area contributed by atoms with Crippen molar-refractivity contribution in [1.82, 2.24) is 9.55 Å². The lowest BCUT2D eigenvalue weighted by molar-refractivity contribution is 0.476. The molecule has 78 valence electrons. The molecule has 0 amide bonds. The zero-order chi connectivity index (χ0) is 11.0. The van der Waals surface area contributed by atoms with Crippen molar-refractivity contribution in [1.29, 1.82) is 0 Å². The third kappa shape index (κ3) is 1.41. The van der Waals surface area contributed by atoms with Crippen molar-refractivity contribution >= 4 is 10.9 Å². The van der Waals surface area contributed by atoms with E-state index in [-0.39, 0.29) is 11.3 Å². The van der Waals surface area contributed by atoms with Gasteiger partial charge in [-0.25, -0.2) is 4.79 Å². The zero-order valence-corrected chi connectivity index (χ0v) is 8.15. The minimum atomic E-state index is -0.430. The molecule has 0 radical (unpaired) electrons. The summed E-state index contributed by atoms with van der Waals surface area (Å²) in [6.45, 7) is 2.02. The Morgan fingerprint density at radius 2 is 2.13 bits per heavy atom.